The molecule has 3 rings (SSSR count). The molecular formula is C21H15F3N2O2. The predicted molar refractivity (Wildman–Crippen MR) is 96.6 cm³/mol. The van der Waals surface area contributed by atoms with E-state index in [0.29, 0.717) is 6.07 Å². The highest BCUT2D eigenvalue weighted by Gasteiger charge is 2.34. The van der Waals surface area contributed by atoms with Gasteiger partial charge in [0, 0.05) is 29.6 Å². The summed E-state index contributed by atoms with van der Waals surface area (Å²) in [7, 11) is 0. The molecule has 142 valence electrons. The van der Waals surface area contributed by atoms with Crippen LogP contribution >= 0.6 is 0 Å². The number of nitrogens with zero attached hydrogens (tertiary/aromatic N) is 1. The average Bonchev–Trinajstić information content (AvgIpc) is 2.69. The van der Waals surface area contributed by atoms with Crippen molar-refractivity contribution in [2.24, 2.45) is 5.92 Å². The summed E-state index contributed by atoms with van der Waals surface area (Å²) in [5.41, 5.74) is -0.551. The van der Waals surface area contributed by atoms with Crippen LogP contribution in [-0.2, 0) is 0 Å². The lowest BCUT2D eigenvalue weighted by Gasteiger charge is -2.23. The maximum atomic E-state index is 14.2. The molecule has 0 saturated carbocycles. The maximum Gasteiger partial charge on any atom is 0.174 e. The number of aromatic nitrogens is 1. The summed E-state index contributed by atoms with van der Waals surface area (Å²) in [6.07, 6.45) is 1.28. The molecule has 0 spiro atoms. The first-order valence-electron chi connectivity index (χ1n) is 8.30. The number of carbonyl (C=O) groups is 1. The van der Waals surface area contributed by atoms with Crippen LogP contribution in [-0.4, -0.2) is 21.6 Å². The molecule has 0 amide bonds. The Morgan fingerprint density at radius 2 is 1.68 bits per heavy atom. The summed E-state index contributed by atoms with van der Waals surface area (Å²) in [4.78, 5) is 16.9. The molecule has 2 unspecified atom stereocenters. The second-order valence-corrected chi connectivity index (χ2v) is 6.12. The van der Waals surface area contributed by atoms with Gasteiger partial charge < -0.3 is 10.5 Å². The minimum atomic E-state index is -1.51. The predicted octanol–water partition coefficient (Wildman–Crippen LogP) is 4.10. The Hall–Kier alpha value is -3.32. The van der Waals surface area contributed by atoms with Crippen molar-refractivity contribution in [3.8, 4) is 0 Å². The summed E-state index contributed by atoms with van der Waals surface area (Å²) in [6, 6.07) is 10.2. The third-order valence-electron chi connectivity index (χ3n) is 4.29. The summed E-state index contributed by atoms with van der Waals surface area (Å²) < 4.78 is 40.6. The van der Waals surface area contributed by atoms with Gasteiger partial charge in [-0.05, 0) is 48.0 Å². The van der Waals surface area contributed by atoms with Crippen LogP contribution in [0.1, 0.15) is 27.6 Å². The van der Waals surface area contributed by atoms with Gasteiger partial charge in [-0.2, -0.15) is 0 Å². The molecule has 2 aromatic carbocycles. The average molecular weight is 384 g/mol. The second-order valence-electron chi connectivity index (χ2n) is 6.12. The van der Waals surface area contributed by atoms with Crippen LogP contribution in [0, 0.1) is 28.8 Å². The molecule has 2 N–H and O–H groups in total. The molecule has 2 atom stereocenters. The molecular weight excluding hydrogens is 369 g/mol. The Morgan fingerprint density at radius 3 is 2.29 bits per heavy atom. The number of nitrogens with one attached hydrogen (secondary N) is 1. The zero-order valence-electron chi connectivity index (χ0n) is 14.4. The van der Waals surface area contributed by atoms with E-state index in [9.17, 15) is 23.1 Å². The highest BCUT2D eigenvalue weighted by Crippen LogP contribution is 2.29. The van der Waals surface area contributed by atoms with Crippen molar-refractivity contribution in [2.75, 3.05) is 0 Å². The van der Waals surface area contributed by atoms with Crippen LogP contribution < -0.4 is 0 Å². The fraction of sp³-hybridized carbons (Fsp3) is 0.0952. The molecule has 4 nitrogen and oxygen atoms in total. The van der Waals surface area contributed by atoms with E-state index in [1.54, 1.807) is 6.07 Å². The first-order chi connectivity index (χ1) is 13.4. The van der Waals surface area contributed by atoms with Gasteiger partial charge in [0.15, 0.2) is 5.78 Å². The Bertz CT molecular complexity index is 1010. The molecule has 0 aliphatic carbocycles. The Labute approximate surface area is 158 Å². The molecule has 0 aliphatic heterocycles. The molecule has 0 saturated heterocycles. The second kappa shape index (κ2) is 8.14. The molecule has 28 heavy (non-hydrogen) atoms. The fourth-order valence-corrected chi connectivity index (χ4v) is 2.84. The van der Waals surface area contributed by atoms with Gasteiger partial charge >= 0.3 is 0 Å². The molecule has 0 aliphatic rings. The largest absolute Gasteiger partial charge is 0.387 e. The van der Waals surface area contributed by atoms with Gasteiger partial charge in [0.05, 0.1) is 17.7 Å². The third-order valence-corrected chi connectivity index (χ3v) is 4.29. The first kappa shape index (κ1) is 19.4. The maximum absolute atomic E-state index is 14.2. The monoisotopic (exact) mass is 384 g/mol. The molecule has 0 fully saturated rings. The summed E-state index contributed by atoms with van der Waals surface area (Å²) >= 11 is 0. The SMILES string of the molecule is N=C(c1ccc(F)cc1F)C(C(=O)c1ccc(F)cc1)C(O)c1cccnc1. The molecule has 3 aromatic rings. The number of aliphatic hydroxyl groups excluding tert-OH is 1. The van der Waals surface area contributed by atoms with Crippen molar-refractivity contribution in [1.29, 1.82) is 5.41 Å². The van der Waals surface area contributed by atoms with E-state index >= 15 is 0 Å². The minimum Gasteiger partial charge on any atom is -0.387 e. The fourth-order valence-electron chi connectivity index (χ4n) is 2.84. The lowest BCUT2D eigenvalue weighted by molar-refractivity contribution is 0.0793. The van der Waals surface area contributed by atoms with Crippen LogP contribution in [0.4, 0.5) is 13.2 Å². The Balaban J connectivity index is 2.06. The van der Waals surface area contributed by atoms with Crippen molar-refractivity contribution in [3.05, 3.63) is 101 Å². The van der Waals surface area contributed by atoms with E-state index in [1.165, 1.54) is 30.6 Å². The highest BCUT2D eigenvalue weighted by atomic mass is 19.1. The number of hydrogen-bond acceptors (Lipinski definition) is 4. The smallest absolute Gasteiger partial charge is 0.174 e. The molecule has 1 heterocycles. The molecule has 7 heteroatoms. The minimum absolute atomic E-state index is 0.0432. The van der Waals surface area contributed by atoms with Crippen molar-refractivity contribution in [3.63, 3.8) is 0 Å². The number of aliphatic hydroxyl groups is 1. The first-order valence-corrected chi connectivity index (χ1v) is 8.30. The number of benzene rings is 2. The highest BCUT2D eigenvalue weighted by molar-refractivity contribution is 6.17. The summed E-state index contributed by atoms with van der Waals surface area (Å²) in [5.74, 6) is -4.62. The molecule has 1 aromatic heterocycles. The van der Waals surface area contributed by atoms with Gasteiger partial charge in [0.1, 0.15) is 17.5 Å². The van der Waals surface area contributed by atoms with Gasteiger partial charge in [-0.15, -0.1) is 0 Å². The number of Topliss-reactive ketones (excluding diaryl/α,β-unsaturated/α-hetero) is 1. The van der Waals surface area contributed by atoms with Crippen molar-refractivity contribution in [2.45, 2.75) is 6.10 Å². The van der Waals surface area contributed by atoms with Crippen LogP contribution in [0.3, 0.4) is 0 Å². The van der Waals surface area contributed by atoms with Crippen molar-refractivity contribution < 1.29 is 23.1 Å². The van der Waals surface area contributed by atoms with Gasteiger partial charge in [0.2, 0.25) is 0 Å². The lowest BCUT2D eigenvalue weighted by Crippen LogP contribution is -2.31. The molecule has 0 bridgehead atoms. The van der Waals surface area contributed by atoms with E-state index in [2.05, 4.69) is 4.98 Å². The standard InChI is InChI=1S/C21H15F3N2O2/c22-14-5-3-12(4-6-14)20(27)18(21(28)13-2-1-9-26-11-13)19(25)16-8-7-15(23)10-17(16)24/h1-11,18,21,25,28H. The van der Waals surface area contributed by atoms with E-state index < -0.39 is 41.0 Å². The van der Waals surface area contributed by atoms with Crippen molar-refractivity contribution >= 4 is 11.5 Å². The number of hydrogen-bond donors (Lipinski definition) is 2. The third kappa shape index (κ3) is 3.99. The van der Waals surface area contributed by atoms with Gasteiger partial charge in [-0.25, -0.2) is 13.2 Å². The topological polar surface area (TPSA) is 74.0 Å². The summed E-state index contributed by atoms with van der Waals surface area (Å²) in [6.45, 7) is 0. The van der Waals surface area contributed by atoms with Gasteiger partial charge in [-0.3, -0.25) is 9.78 Å². The zero-order valence-corrected chi connectivity index (χ0v) is 14.4. The van der Waals surface area contributed by atoms with Crippen molar-refractivity contribution in [1.82, 2.24) is 4.98 Å². The quantitative estimate of drug-likeness (QED) is 0.496. The van der Waals surface area contributed by atoms with Crippen LogP contribution in [0.2, 0.25) is 0 Å². The Kier molecular flexibility index (Phi) is 5.65. The lowest BCUT2D eigenvalue weighted by atomic mass is 9.82. The summed E-state index contributed by atoms with van der Waals surface area (Å²) in [5, 5.41) is 19.1. The number of ketones is 1. The zero-order chi connectivity index (χ0) is 20.3. The van der Waals surface area contributed by atoms with Crippen LogP contribution in [0.5, 0.6) is 0 Å². The molecule has 0 radical (unpaired) electrons. The van der Waals surface area contributed by atoms with Gasteiger partial charge in [-0.1, -0.05) is 6.07 Å². The number of rotatable bonds is 6. The van der Waals surface area contributed by atoms with E-state index in [4.69, 9.17) is 5.41 Å². The van der Waals surface area contributed by atoms with E-state index in [0.717, 1.165) is 24.3 Å². The van der Waals surface area contributed by atoms with E-state index in [1.807, 2.05) is 0 Å². The number of carbonyl (C=O) groups excluding carboxylic acids is 1. The van der Waals surface area contributed by atoms with Gasteiger partial charge in [0.25, 0.3) is 0 Å². The van der Waals surface area contributed by atoms with Crippen LogP contribution in [0.15, 0.2) is 67.0 Å². The normalized spacial score (nSPS) is 13.0. The number of pyridine rings is 1. The van der Waals surface area contributed by atoms with Crippen LogP contribution in [0.25, 0.3) is 0 Å². The van der Waals surface area contributed by atoms with E-state index in [-0.39, 0.29) is 16.7 Å². The number of halogens is 3. The Morgan fingerprint density at radius 1 is 1.00 bits per heavy atom.